The number of ether oxygens (including phenoxy) is 1. The summed E-state index contributed by atoms with van der Waals surface area (Å²) in [6, 6.07) is 16.1. The first kappa shape index (κ1) is 19.1. The Morgan fingerprint density at radius 1 is 1.00 bits per heavy atom. The maximum absolute atomic E-state index is 12.6. The number of nitrogens with one attached hydrogen (secondary N) is 2. The Morgan fingerprint density at radius 2 is 1.79 bits per heavy atom. The van der Waals surface area contributed by atoms with Gasteiger partial charge in [-0.3, -0.25) is 14.6 Å². The molecule has 1 amide bonds. The number of hydrogen-bond acceptors (Lipinski definition) is 5. The molecule has 3 rings (SSSR count). The average Bonchev–Trinajstić information content (AvgIpc) is 2.68. The summed E-state index contributed by atoms with van der Waals surface area (Å²) in [7, 11) is 1.55. The first-order valence-corrected chi connectivity index (χ1v) is 8.76. The molecule has 1 heterocycles. The van der Waals surface area contributed by atoms with Crippen LogP contribution in [-0.2, 0) is 0 Å². The molecular formula is C22H21N3O3. The summed E-state index contributed by atoms with van der Waals surface area (Å²) < 4.78 is 5.30. The van der Waals surface area contributed by atoms with Gasteiger partial charge >= 0.3 is 0 Å². The van der Waals surface area contributed by atoms with E-state index in [0.717, 1.165) is 11.3 Å². The number of rotatable bonds is 6. The number of hydrogen-bond donors (Lipinski definition) is 2. The van der Waals surface area contributed by atoms with Crippen LogP contribution in [-0.4, -0.2) is 23.8 Å². The minimum Gasteiger partial charge on any atom is -0.495 e. The van der Waals surface area contributed by atoms with E-state index in [1.54, 1.807) is 49.7 Å². The molecule has 0 saturated heterocycles. The van der Waals surface area contributed by atoms with Crippen molar-refractivity contribution in [2.24, 2.45) is 0 Å². The van der Waals surface area contributed by atoms with Gasteiger partial charge in [0.2, 0.25) is 0 Å². The standard InChI is InChI=1S/C22H21N3O3/c1-14-7-8-21(28-3)19(11-14)25-22(27)20-13-18(9-10-23-20)24-17-6-4-5-16(12-17)15(2)26/h4-13H,1-3H3,(H,23,24)(H,25,27). The fraction of sp³-hybridized carbons (Fsp3) is 0.136. The van der Waals surface area contributed by atoms with E-state index in [-0.39, 0.29) is 17.4 Å². The van der Waals surface area contributed by atoms with Gasteiger partial charge in [0.1, 0.15) is 11.4 Å². The smallest absolute Gasteiger partial charge is 0.274 e. The van der Waals surface area contributed by atoms with Crippen LogP contribution >= 0.6 is 0 Å². The van der Waals surface area contributed by atoms with E-state index < -0.39 is 0 Å². The van der Waals surface area contributed by atoms with Crippen LogP contribution in [0.25, 0.3) is 0 Å². The molecule has 0 aliphatic rings. The lowest BCUT2D eigenvalue weighted by atomic mass is 10.1. The summed E-state index contributed by atoms with van der Waals surface area (Å²) in [4.78, 5) is 28.3. The molecule has 0 bridgehead atoms. The second kappa shape index (κ2) is 8.35. The number of pyridine rings is 1. The summed E-state index contributed by atoms with van der Waals surface area (Å²) in [5, 5.41) is 6.03. The van der Waals surface area contributed by atoms with Gasteiger partial charge in [0.05, 0.1) is 12.8 Å². The fourth-order valence-electron chi connectivity index (χ4n) is 2.72. The number of amides is 1. The van der Waals surface area contributed by atoms with E-state index in [1.165, 1.54) is 6.92 Å². The largest absolute Gasteiger partial charge is 0.495 e. The molecule has 0 spiro atoms. The number of aromatic nitrogens is 1. The normalized spacial score (nSPS) is 10.2. The van der Waals surface area contributed by atoms with Gasteiger partial charge < -0.3 is 15.4 Å². The molecule has 6 nitrogen and oxygen atoms in total. The molecule has 3 aromatic rings. The van der Waals surface area contributed by atoms with Crippen LogP contribution in [0, 0.1) is 6.92 Å². The maximum atomic E-state index is 12.6. The van der Waals surface area contributed by atoms with Gasteiger partial charge in [-0.25, -0.2) is 0 Å². The van der Waals surface area contributed by atoms with E-state index in [2.05, 4.69) is 15.6 Å². The fourth-order valence-corrected chi connectivity index (χ4v) is 2.72. The second-order valence-electron chi connectivity index (χ2n) is 6.35. The lowest BCUT2D eigenvalue weighted by molar-refractivity contribution is 0.101. The van der Waals surface area contributed by atoms with Crippen molar-refractivity contribution in [2.75, 3.05) is 17.7 Å². The molecule has 0 saturated carbocycles. The quantitative estimate of drug-likeness (QED) is 0.616. The maximum Gasteiger partial charge on any atom is 0.274 e. The van der Waals surface area contributed by atoms with E-state index in [9.17, 15) is 9.59 Å². The molecule has 2 N–H and O–H groups in total. The third-order valence-corrected chi connectivity index (χ3v) is 4.15. The molecule has 0 unspecified atom stereocenters. The number of methoxy groups -OCH3 is 1. The van der Waals surface area contributed by atoms with Gasteiger partial charge in [0.25, 0.3) is 5.91 Å². The van der Waals surface area contributed by atoms with Crippen molar-refractivity contribution in [2.45, 2.75) is 13.8 Å². The van der Waals surface area contributed by atoms with Crippen LogP contribution in [0.2, 0.25) is 0 Å². The van der Waals surface area contributed by atoms with Crippen LogP contribution in [0.5, 0.6) is 5.75 Å². The van der Waals surface area contributed by atoms with Crippen LogP contribution in [0.3, 0.4) is 0 Å². The number of carbonyl (C=O) groups is 2. The van der Waals surface area contributed by atoms with Gasteiger partial charge in [-0.1, -0.05) is 18.2 Å². The molecular weight excluding hydrogens is 354 g/mol. The molecule has 0 atom stereocenters. The predicted octanol–water partition coefficient (Wildman–Crippen LogP) is 4.60. The number of aryl methyl sites for hydroxylation is 1. The summed E-state index contributed by atoms with van der Waals surface area (Å²) >= 11 is 0. The van der Waals surface area contributed by atoms with Crippen molar-refractivity contribution in [3.8, 4) is 5.75 Å². The Labute approximate surface area is 163 Å². The topological polar surface area (TPSA) is 80.3 Å². The highest BCUT2D eigenvalue weighted by Crippen LogP contribution is 2.26. The first-order valence-electron chi connectivity index (χ1n) is 8.76. The Kier molecular flexibility index (Phi) is 5.69. The molecule has 0 radical (unpaired) electrons. The lowest BCUT2D eigenvalue weighted by Crippen LogP contribution is -2.14. The van der Waals surface area contributed by atoms with Crippen LogP contribution in [0.15, 0.2) is 60.8 Å². The van der Waals surface area contributed by atoms with Crippen LogP contribution in [0.1, 0.15) is 33.3 Å². The molecule has 6 heteroatoms. The van der Waals surface area contributed by atoms with Crippen molar-refractivity contribution < 1.29 is 14.3 Å². The van der Waals surface area contributed by atoms with Crippen molar-refractivity contribution in [1.29, 1.82) is 0 Å². The first-order chi connectivity index (χ1) is 13.5. The van der Waals surface area contributed by atoms with Gasteiger partial charge in [0, 0.05) is 23.1 Å². The van der Waals surface area contributed by atoms with Crippen LogP contribution < -0.4 is 15.4 Å². The second-order valence-corrected chi connectivity index (χ2v) is 6.35. The molecule has 0 aliphatic heterocycles. The Balaban J connectivity index is 1.79. The molecule has 28 heavy (non-hydrogen) atoms. The number of Topliss-reactive ketones (excluding diaryl/α,β-unsaturated/α-hetero) is 1. The van der Waals surface area contributed by atoms with E-state index in [0.29, 0.717) is 22.7 Å². The zero-order valence-corrected chi connectivity index (χ0v) is 15.9. The number of carbonyl (C=O) groups excluding carboxylic acids is 2. The monoisotopic (exact) mass is 375 g/mol. The summed E-state index contributed by atoms with van der Waals surface area (Å²) in [5.41, 5.74) is 3.91. The number of nitrogens with zero attached hydrogens (tertiary/aromatic N) is 1. The highest BCUT2D eigenvalue weighted by Gasteiger charge is 2.12. The zero-order chi connectivity index (χ0) is 20.1. The molecule has 1 aromatic heterocycles. The zero-order valence-electron chi connectivity index (χ0n) is 15.9. The predicted molar refractivity (Wildman–Crippen MR) is 110 cm³/mol. The highest BCUT2D eigenvalue weighted by molar-refractivity contribution is 6.04. The summed E-state index contributed by atoms with van der Waals surface area (Å²) in [6.45, 7) is 3.46. The third kappa shape index (κ3) is 4.54. The van der Waals surface area contributed by atoms with Gasteiger partial charge in [-0.2, -0.15) is 0 Å². The number of benzene rings is 2. The summed E-state index contributed by atoms with van der Waals surface area (Å²) in [5.74, 6) is 0.227. The molecule has 0 fully saturated rings. The number of ketones is 1. The van der Waals surface area contributed by atoms with Gasteiger partial charge in [-0.15, -0.1) is 0 Å². The Bertz CT molecular complexity index is 1030. The third-order valence-electron chi connectivity index (χ3n) is 4.15. The molecule has 142 valence electrons. The van der Waals surface area contributed by atoms with Crippen molar-refractivity contribution in [3.05, 3.63) is 77.6 Å². The van der Waals surface area contributed by atoms with Gasteiger partial charge in [-0.05, 0) is 55.8 Å². The number of anilines is 3. The van der Waals surface area contributed by atoms with Gasteiger partial charge in [0.15, 0.2) is 5.78 Å². The average molecular weight is 375 g/mol. The summed E-state index contributed by atoms with van der Waals surface area (Å²) in [6.07, 6.45) is 1.56. The lowest BCUT2D eigenvalue weighted by Gasteiger charge is -2.12. The minimum atomic E-state index is -0.343. The highest BCUT2D eigenvalue weighted by atomic mass is 16.5. The molecule has 2 aromatic carbocycles. The van der Waals surface area contributed by atoms with Crippen molar-refractivity contribution in [1.82, 2.24) is 4.98 Å². The minimum absolute atomic E-state index is 0.00875. The van der Waals surface area contributed by atoms with E-state index >= 15 is 0 Å². The van der Waals surface area contributed by atoms with Crippen molar-refractivity contribution >= 4 is 28.8 Å². The van der Waals surface area contributed by atoms with Crippen molar-refractivity contribution in [3.63, 3.8) is 0 Å². The van der Waals surface area contributed by atoms with E-state index in [4.69, 9.17) is 4.74 Å². The van der Waals surface area contributed by atoms with Crippen LogP contribution in [0.4, 0.5) is 17.1 Å². The van der Waals surface area contributed by atoms with E-state index in [1.807, 2.05) is 25.1 Å². The SMILES string of the molecule is COc1ccc(C)cc1NC(=O)c1cc(Nc2cccc(C(C)=O)c2)ccn1. The Hall–Kier alpha value is -3.67. The Morgan fingerprint density at radius 3 is 2.54 bits per heavy atom. The molecule has 0 aliphatic carbocycles.